The summed E-state index contributed by atoms with van der Waals surface area (Å²) < 4.78 is 213. The van der Waals surface area contributed by atoms with Crippen LogP contribution in [0, 0.1) is 0 Å². The second-order valence-corrected chi connectivity index (χ2v) is 9.29. The number of alkyl halides is 15. The standard InChI is InChI=1S/C15H19F15O3Si/c1-4-31-34(32-5-2,33-6-3)8-7-9(16,17)10(18,19)11(20,21)12(22,23)13(24,25)14(26,27)15(28,29)30/h4-8H2,1-3H3. The van der Waals surface area contributed by atoms with Crippen LogP contribution in [0.4, 0.5) is 65.9 Å². The Morgan fingerprint density at radius 3 is 1.06 bits per heavy atom. The lowest BCUT2D eigenvalue weighted by molar-refractivity contribution is -0.452. The fraction of sp³-hybridized carbons (Fsp3) is 1.00. The molecule has 0 aliphatic heterocycles. The van der Waals surface area contributed by atoms with E-state index in [1.165, 1.54) is 20.8 Å². The average Bonchev–Trinajstić information content (AvgIpc) is 2.65. The molecular formula is C15H19F15O3Si. The number of rotatable bonds is 14. The van der Waals surface area contributed by atoms with E-state index in [1.807, 2.05) is 0 Å². The first-order chi connectivity index (χ1) is 14.9. The Labute approximate surface area is 183 Å². The highest BCUT2D eigenvalue weighted by molar-refractivity contribution is 6.60. The van der Waals surface area contributed by atoms with E-state index in [1.54, 1.807) is 0 Å². The van der Waals surface area contributed by atoms with E-state index in [4.69, 9.17) is 13.3 Å². The summed E-state index contributed by atoms with van der Waals surface area (Å²) in [6.45, 7) is 2.64. The van der Waals surface area contributed by atoms with Gasteiger partial charge in [-0.1, -0.05) is 0 Å². The van der Waals surface area contributed by atoms with Gasteiger partial charge in [0.05, 0.1) is 0 Å². The summed E-state index contributed by atoms with van der Waals surface area (Å²) in [6.07, 6.45) is -10.2. The molecule has 0 heterocycles. The van der Waals surface area contributed by atoms with Crippen molar-refractivity contribution in [3.05, 3.63) is 0 Å². The second-order valence-electron chi connectivity index (χ2n) is 6.56. The van der Waals surface area contributed by atoms with Gasteiger partial charge in [0.2, 0.25) is 0 Å². The van der Waals surface area contributed by atoms with Crippen molar-refractivity contribution in [2.24, 2.45) is 0 Å². The predicted molar refractivity (Wildman–Crippen MR) is 85.8 cm³/mol. The molecule has 0 aliphatic rings. The van der Waals surface area contributed by atoms with Crippen LogP contribution >= 0.6 is 0 Å². The topological polar surface area (TPSA) is 27.7 Å². The number of hydrogen-bond acceptors (Lipinski definition) is 3. The molecule has 0 rings (SSSR count). The first-order valence-electron chi connectivity index (χ1n) is 9.14. The number of hydrogen-bond donors (Lipinski definition) is 0. The summed E-state index contributed by atoms with van der Waals surface area (Å²) in [6, 6.07) is -1.47. The molecule has 34 heavy (non-hydrogen) atoms. The summed E-state index contributed by atoms with van der Waals surface area (Å²) in [5.41, 5.74) is 0. The maximum atomic E-state index is 14.0. The van der Waals surface area contributed by atoms with Gasteiger partial charge in [0.1, 0.15) is 0 Å². The molecule has 0 aromatic rings. The molecule has 0 spiro atoms. The molecule has 206 valence electrons. The van der Waals surface area contributed by atoms with Gasteiger partial charge in [-0.25, -0.2) is 0 Å². The molecule has 0 bridgehead atoms. The van der Waals surface area contributed by atoms with Gasteiger partial charge >= 0.3 is 50.5 Å². The zero-order chi connectivity index (χ0) is 27.7. The minimum atomic E-state index is -8.31. The third-order valence-electron chi connectivity index (χ3n) is 4.23. The minimum Gasteiger partial charge on any atom is -0.374 e. The third kappa shape index (κ3) is 5.40. The molecule has 0 unspecified atom stereocenters. The predicted octanol–water partition coefficient (Wildman–Crippen LogP) is 6.80. The normalized spacial score (nSPS) is 15.7. The van der Waals surface area contributed by atoms with Crippen molar-refractivity contribution in [2.45, 2.75) is 74.9 Å². The van der Waals surface area contributed by atoms with Gasteiger partial charge < -0.3 is 13.3 Å². The Balaban J connectivity index is 6.35. The lowest BCUT2D eigenvalue weighted by Crippen LogP contribution is -2.72. The van der Waals surface area contributed by atoms with Crippen molar-refractivity contribution < 1.29 is 79.1 Å². The fourth-order valence-electron chi connectivity index (χ4n) is 2.47. The summed E-state index contributed by atoms with van der Waals surface area (Å²) >= 11 is 0. The molecule has 0 aromatic carbocycles. The first kappa shape index (κ1) is 33.0. The van der Waals surface area contributed by atoms with Gasteiger partial charge in [-0.2, -0.15) is 65.9 Å². The quantitative estimate of drug-likeness (QED) is 0.173. The lowest BCUT2D eigenvalue weighted by Gasteiger charge is -2.41. The highest BCUT2D eigenvalue weighted by Crippen LogP contribution is 2.62. The average molecular weight is 560 g/mol. The molecule has 0 aliphatic carbocycles. The molecule has 0 amide bonds. The Morgan fingerprint density at radius 2 is 0.765 bits per heavy atom. The van der Waals surface area contributed by atoms with Crippen LogP contribution in [0.2, 0.25) is 6.04 Å². The van der Waals surface area contributed by atoms with Crippen molar-refractivity contribution in [2.75, 3.05) is 19.8 Å². The van der Waals surface area contributed by atoms with Gasteiger partial charge in [0.15, 0.2) is 0 Å². The Morgan fingerprint density at radius 1 is 0.471 bits per heavy atom. The lowest BCUT2D eigenvalue weighted by atomic mass is 9.90. The summed E-state index contributed by atoms with van der Waals surface area (Å²) in [5, 5.41) is 0. The molecule has 0 atom stereocenters. The van der Waals surface area contributed by atoms with E-state index >= 15 is 0 Å². The van der Waals surface area contributed by atoms with Crippen LogP contribution in [0.1, 0.15) is 27.2 Å². The van der Waals surface area contributed by atoms with Gasteiger partial charge in [-0.15, -0.1) is 0 Å². The van der Waals surface area contributed by atoms with E-state index in [9.17, 15) is 65.9 Å². The largest absolute Gasteiger partial charge is 0.501 e. The van der Waals surface area contributed by atoms with Crippen LogP contribution in [0.25, 0.3) is 0 Å². The molecule has 3 nitrogen and oxygen atoms in total. The van der Waals surface area contributed by atoms with Crippen molar-refractivity contribution in [1.82, 2.24) is 0 Å². The van der Waals surface area contributed by atoms with Crippen LogP contribution in [-0.4, -0.2) is 70.3 Å². The maximum absolute atomic E-state index is 14.0. The summed E-state index contributed by atoms with van der Waals surface area (Å²) in [7, 11) is -4.34. The van der Waals surface area contributed by atoms with Crippen LogP contribution < -0.4 is 0 Å². The van der Waals surface area contributed by atoms with Gasteiger partial charge in [-0.05, 0) is 20.8 Å². The van der Waals surface area contributed by atoms with Crippen molar-refractivity contribution in [3.8, 4) is 0 Å². The summed E-state index contributed by atoms with van der Waals surface area (Å²) in [5.74, 6) is -46.6. The van der Waals surface area contributed by atoms with Gasteiger partial charge in [-0.3, -0.25) is 0 Å². The molecule has 0 aromatic heterocycles. The highest BCUT2D eigenvalue weighted by Gasteiger charge is 2.93. The molecule has 0 saturated heterocycles. The van der Waals surface area contributed by atoms with Crippen LogP contribution in [0.5, 0.6) is 0 Å². The number of halogens is 15. The van der Waals surface area contributed by atoms with Crippen molar-refractivity contribution in [1.29, 1.82) is 0 Å². The van der Waals surface area contributed by atoms with E-state index in [0.717, 1.165) is 0 Å². The Bertz CT molecular complexity index is 649. The SMILES string of the molecule is CCO[Si](CCC(F)(F)C(F)(F)C(F)(F)C(F)(F)C(F)(F)C(F)(F)C(F)(F)F)(OCC)OCC. The molecule has 0 saturated carbocycles. The highest BCUT2D eigenvalue weighted by atomic mass is 28.4. The monoisotopic (exact) mass is 560 g/mol. The molecule has 0 radical (unpaired) electrons. The van der Waals surface area contributed by atoms with Crippen LogP contribution in [-0.2, 0) is 13.3 Å². The van der Waals surface area contributed by atoms with E-state index in [0.29, 0.717) is 0 Å². The zero-order valence-electron chi connectivity index (χ0n) is 17.4. The van der Waals surface area contributed by atoms with Crippen molar-refractivity contribution >= 4 is 8.80 Å². The molecule has 19 heteroatoms. The molecule has 0 N–H and O–H groups in total. The van der Waals surface area contributed by atoms with Gasteiger partial charge in [0, 0.05) is 32.3 Å². The van der Waals surface area contributed by atoms with E-state index in [2.05, 4.69) is 0 Å². The summed E-state index contributed by atoms with van der Waals surface area (Å²) in [4.78, 5) is 0. The molecular weight excluding hydrogens is 541 g/mol. The first-order valence-corrected chi connectivity index (χ1v) is 11.1. The third-order valence-corrected chi connectivity index (χ3v) is 7.28. The van der Waals surface area contributed by atoms with Crippen molar-refractivity contribution in [3.63, 3.8) is 0 Å². The minimum absolute atomic E-state index is 0.360. The fourth-order valence-corrected chi connectivity index (χ4v) is 5.09. The zero-order valence-corrected chi connectivity index (χ0v) is 18.4. The van der Waals surface area contributed by atoms with Gasteiger partial charge in [0.25, 0.3) is 0 Å². The maximum Gasteiger partial charge on any atom is 0.501 e. The smallest absolute Gasteiger partial charge is 0.374 e. The van der Waals surface area contributed by atoms with Crippen LogP contribution in [0.3, 0.4) is 0 Å². The molecule has 0 fully saturated rings. The Kier molecular flexibility index (Phi) is 9.91. The van der Waals surface area contributed by atoms with E-state index in [-0.39, 0.29) is 19.8 Å². The van der Waals surface area contributed by atoms with Crippen LogP contribution in [0.15, 0.2) is 0 Å². The Hall–Kier alpha value is -0.953. The van der Waals surface area contributed by atoms with E-state index < -0.39 is 63.0 Å². The second kappa shape index (κ2) is 10.2.